The van der Waals surface area contributed by atoms with Crippen LogP contribution in [0.2, 0.25) is 0 Å². The first-order valence-electron chi connectivity index (χ1n) is 10.2. The molecule has 4 rings (SSSR count). The third kappa shape index (κ3) is 6.99. The van der Waals surface area contributed by atoms with E-state index in [0.717, 1.165) is 10.9 Å². The van der Waals surface area contributed by atoms with Gasteiger partial charge >= 0.3 is 66.9 Å². The van der Waals surface area contributed by atoms with Crippen LogP contribution in [-0.4, -0.2) is 122 Å². The number of aliphatic hydroxyl groups is 6. The quantitative estimate of drug-likeness (QED) is 0.109. The van der Waals surface area contributed by atoms with Gasteiger partial charge in [-0.25, -0.2) is 9.55 Å². The number of hydrogen-bond donors (Lipinski definition) is 10. The molecule has 2 aliphatic heterocycles. The minimum Gasteiger partial charge on any atom is -0.394 e. The zero-order valence-electron chi connectivity index (χ0n) is 19.6. The number of aliphatic hydroxyl groups excluding tert-OH is 6. The molecular formula is C16H24N5Na2O13P+2. The predicted octanol–water partition coefficient (Wildman–Crippen LogP) is -10.9. The number of nitrogens with one attached hydrogen (secondary N) is 2. The van der Waals surface area contributed by atoms with E-state index in [4.69, 9.17) is 19.3 Å². The van der Waals surface area contributed by atoms with Gasteiger partial charge in [0.05, 0.1) is 19.5 Å². The molecule has 18 nitrogen and oxygen atoms in total. The Kier molecular flexibility index (Phi) is 11.7. The predicted molar refractivity (Wildman–Crippen MR) is 109 cm³/mol. The Morgan fingerprint density at radius 1 is 1.03 bits per heavy atom. The molecule has 2 aromatic rings. The van der Waals surface area contributed by atoms with Crippen molar-refractivity contribution in [2.75, 3.05) is 18.5 Å². The van der Waals surface area contributed by atoms with Gasteiger partial charge in [-0.2, -0.15) is 4.98 Å². The maximum absolute atomic E-state index is 12.5. The van der Waals surface area contributed by atoms with Crippen molar-refractivity contribution in [3.05, 3.63) is 16.7 Å². The Labute approximate surface area is 251 Å². The first-order chi connectivity index (χ1) is 16.4. The van der Waals surface area contributed by atoms with Gasteiger partial charge in [0.1, 0.15) is 42.7 Å². The number of H-pyrrole nitrogens is 1. The number of hydrogen-bond acceptors (Lipinski definition) is 14. The van der Waals surface area contributed by atoms with Crippen LogP contribution in [0.15, 0.2) is 11.1 Å². The summed E-state index contributed by atoms with van der Waals surface area (Å²) >= 11 is 0. The van der Waals surface area contributed by atoms with E-state index >= 15 is 0 Å². The van der Waals surface area contributed by atoms with Crippen molar-refractivity contribution in [2.24, 2.45) is 0 Å². The van der Waals surface area contributed by atoms with Gasteiger partial charge < -0.3 is 55.2 Å². The molecule has 0 spiro atoms. The molecule has 0 amide bonds. The number of aromatic nitrogens is 4. The number of imidazole rings is 1. The molecule has 2 aliphatic rings. The number of fused-ring (bicyclic) bond motifs is 1. The minimum absolute atomic E-state index is 0. The zero-order chi connectivity index (χ0) is 25.7. The van der Waals surface area contributed by atoms with Crippen LogP contribution in [0.3, 0.4) is 0 Å². The van der Waals surface area contributed by atoms with E-state index in [9.17, 15) is 40.0 Å². The maximum Gasteiger partial charge on any atom is 1.00 e. The van der Waals surface area contributed by atoms with E-state index in [0.29, 0.717) is 0 Å². The molecule has 0 aromatic carbocycles. The molecule has 9 atom stereocenters. The molecule has 196 valence electrons. The maximum atomic E-state index is 12.5. The number of phosphoric ester groups is 1. The fourth-order valence-corrected chi connectivity index (χ4v) is 4.14. The summed E-state index contributed by atoms with van der Waals surface area (Å²) in [5, 5.41) is 62.5. The Balaban J connectivity index is 0.00000241. The molecule has 4 heterocycles. The van der Waals surface area contributed by atoms with E-state index in [1.54, 1.807) is 0 Å². The van der Waals surface area contributed by atoms with Crippen molar-refractivity contribution in [1.82, 2.24) is 19.5 Å². The summed E-state index contributed by atoms with van der Waals surface area (Å²) in [7, 11) is -4.87. The van der Waals surface area contributed by atoms with Gasteiger partial charge in [0, 0.05) is 0 Å². The van der Waals surface area contributed by atoms with Gasteiger partial charge in [0.15, 0.2) is 23.6 Å². The Morgan fingerprint density at radius 2 is 1.68 bits per heavy atom. The Morgan fingerprint density at radius 3 is 2.30 bits per heavy atom. The topological polar surface area (TPSA) is 282 Å². The molecule has 2 aromatic heterocycles. The van der Waals surface area contributed by atoms with Crippen molar-refractivity contribution in [3.63, 3.8) is 0 Å². The molecule has 21 heteroatoms. The van der Waals surface area contributed by atoms with Gasteiger partial charge in [0.25, 0.3) is 5.56 Å². The number of anilines is 1. The monoisotopic (exact) mass is 571 g/mol. The van der Waals surface area contributed by atoms with Crippen molar-refractivity contribution in [1.29, 1.82) is 0 Å². The van der Waals surface area contributed by atoms with Crippen LogP contribution in [0, 0.1) is 0 Å². The fourth-order valence-electron chi connectivity index (χ4n) is 3.80. The molecule has 0 radical (unpaired) electrons. The Hall–Kier alpha value is -0.0600. The molecule has 0 unspecified atom stereocenters. The van der Waals surface area contributed by atoms with Crippen LogP contribution in [0.1, 0.15) is 6.23 Å². The SMILES string of the molecule is O=c1[nH]c(N[C@@H]2O[C@H](CO)[C@@H](O)[C@H](O)[C@H]2O)nc2c1ncn2[C@@H]1O[C@H](COP(=O)(O)O)[C@@H](O)[C@H]1O.[Na+].[Na+]. The van der Waals surface area contributed by atoms with E-state index in [2.05, 4.69) is 24.8 Å². The average Bonchev–Trinajstić information content (AvgIpc) is 3.33. The number of phosphoric acid groups is 1. The molecule has 37 heavy (non-hydrogen) atoms. The van der Waals surface area contributed by atoms with E-state index in [1.807, 2.05) is 0 Å². The van der Waals surface area contributed by atoms with Crippen molar-refractivity contribution < 1.29 is 118 Å². The van der Waals surface area contributed by atoms with Gasteiger partial charge in [-0.05, 0) is 0 Å². The molecule has 10 N–H and O–H groups in total. The van der Waals surface area contributed by atoms with Crippen LogP contribution in [-0.2, 0) is 18.6 Å². The summed E-state index contributed by atoms with van der Waals surface area (Å²) in [5.74, 6) is -0.289. The van der Waals surface area contributed by atoms with Crippen LogP contribution >= 0.6 is 7.82 Å². The summed E-state index contributed by atoms with van der Waals surface area (Å²) < 4.78 is 27.1. The summed E-state index contributed by atoms with van der Waals surface area (Å²) in [6.07, 6.45) is -12.5. The average molecular weight is 571 g/mol. The molecule has 2 fully saturated rings. The Bertz CT molecular complexity index is 1160. The largest absolute Gasteiger partial charge is 1.00 e. The van der Waals surface area contributed by atoms with Gasteiger partial charge in [-0.1, -0.05) is 0 Å². The van der Waals surface area contributed by atoms with Gasteiger partial charge in [-0.3, -0.25) is 18.9 Å². The second-order valence-corrected chi connectivity index (χ2v) is 9.20. The first-order valence-corrected chi connectivity index (χ1v) is 11.7. The third-order valence-corrected chi connectivity index (χ3v) is 6.11. The first kappa shape index (κ1) is 33.1. The summed E-state index contributed by atoms with van der Waals surface area (Å²) in [4.78, 5) is 40.6. The smallest absolute Gasteiger partial charge is 0.394 e. The summed E-state index contributed by atoms with van der Waals surface area (Å²) in [6, 6.07) is 0. The summed E-state index contributed by atoms with van der Waals surface area (Å²) in [5.41, 5.74) is -1.13. The number of rotatable bonds is 7. The van der Waals surface area contributed by atoms with E-state index in [1.165, 1.54) is 0 Å². The molecule has 2 saturated heterocycles. The van der Waals surface area contributed by atoms with Crippen molar-refractivity contribution in [2.45, 2.75) is 55.2 Å². The second kappa shape index (κ2) is 13.1. The molecule has 0 aliphatic carbocycles. The second-order valence-electron chi connectivity index (χ2n) is 7.97. The fraction of sp³-hybridized carbons (Fsp3) is 0.688. The number of aromatic amines is 1. The molecular weight excluding hydrogens is 547 g/mol. The number of nitrogens with zero attached hydrogens (tertiary/aromatic N) is 3. The van der Waals surface area contributed by atoms with Crippen LogP contribution < -0.4 is 70.0 Å². The van der Waals surface area contributed by atoms with Crippen LogP contribution in [0.4, 0.5) is 5.95 Å². The van der Waals surface area contributed by atoms with Crippen molar-refractivity contribution >= 4 is 24.9 Å². The number of ether oxygens (including phenoxy) is 2. The van der Waals surface area contributed by atoms with E-state index < -0.39 is 81.8 Å². The summed E-state index contributed by atoms with van der Waals surface area (Å²) in [6.45, 7) is -1.42. The zero-order valence-corrected chi connectivity index (χ0v) is 24.5. The third-order valence-electron chi connectivity index (χ3n) is 5.62. The standard InChI is InChI=1S/C16H24N5O13P.2Na/c22-1-4-7(23)9(25)10(26)14(33-4)20-16-18-12-6(13(28)19-16)17-3-21(12)15-11(27)8(24)5(34-15)2-32-35(29,30)31;;/h3-5,7-11,14-15,22-27H,1-2H2,(H2,29,30,31)(H2,18,19,20,28);;/q;2*+1/t4-,5-,7-,8-,9+,10-,11-,14-,15-;;/m1../s1. The van der Waals surface area contributed by atoms with Gasteiger partial charge in [-0.15, -0.1) is 0 Å². The van der Waals surface area contributed by atoms with Crippen molar-refractivity contribution in [3.8, 4) is 0 Å². The van der Waals surface area contributed by atoms with Gasteiger partial charge in [0.2, 0.25) is 5.95 Å². The van der Waals surface area contributed by atoms with E-state index in [-0.39, 0.29) is 76.2 Å². The van der Waals surface area contributed by atoms with Crippen LogP contribution in [0.5, 0.6) is 0 Å². The minimum atomic E-state index is -4.87. The van der Waals surface area contributed by atoms with Crippen LogP contribution in [0.25, 0.3) is 11.2 Å². The molecule has 0 bridgehead atoms. The normalized spacial score (nSPS) is 34.1. The molecule has 0 saturated carbocycles.